The number of nitrogens with zero attached hydrogens (tertiary/aromatic N) is 1. The summed E-state index contributed by atoms with van der Waals surface area (Å²) in [6.07, 6.45) is 4.08. The van der Waals surface area contributed by atoms with Gasteiger partial charge >= 0.3 is 0 Å². The molecule has 1 aromatic carbocycles. The molecule has 1 amide bonds. The van der Waals surface area contributed by atoms with Crippen molar-refractivity contribution in [2.24, 2.45) is 5.41 Å². The van der Waals surface area contributed by atoms with Crippen molar-refractivity contribution >= 4 is 16.8 Å². The number of hydrogen-bond donors (Lipinski definition) is 2. The summed E-state index contributed by atoms with van der Waals surface area (Å²) in [6, 6.07) is 8.37. The van der Waals surface area contributed by atoms with E-state index in [2.05, 4.69) is 29.4 Å². The number of aliphatic hydroxyl groups excluding tert-OH is 1. The number of H-pyrrole nitrogens is 1. The highest BCUT2D eigenvalue weighted by Gasteiger charge is 2.34. The van der Waals surface area contributed by atoms with Crippen LogP contribution < -0.4 is 0 Å². The van der Waals surface area contributed by atoms with Gasteiger partial charge in [0.25, 0.3) is 0 Å². The van der Waals surface area contributed by atoms with Gasteiger partial charge in [-0.15, -0.1) is 0 Å². The molecule has 118 valence electrons. The number of amides is 1. The maximum Gasteiger partial charge on any atom is 0.230 e. The van der Waals surface area contributed by atoms with E-state index in [-0.39, 0.29) is 12.5 Å². The SMILES string of the molecule is CC(C)(CO)C(=O)N1CCC(c2c[nH]c3ccccc23)CC1. The predicted octanol–water partition coefficient (Wildman–Crippen LogP) is 2.89. The number of carbonyl (C=O) groups excluding carboxylic acids is 1. The smallest absolute Gasteiger partial charge is 0.230 e. The topological polar surface area (TPSA) is 56.3 Å². The van der Waals surface area contributed by atoms with Gasteiger partial charge in [0, 0.05) is 30.2 Å². The maximum atomic E-state index is 12.4. The zero-order chi connectivity index (χ0) is 15.7. The van der Waals surface area contributed by atoms with Gasteiger partial charge < -0.3 is 15.0 Å². The molecular formula is C18H24N2O2. The summed E-state index contributed by atoms with van der Waals surface area (Å²) in [7, 11) is 0. The van der Waals surface area contributed by atoms with E-state index in [4.69, 9.17) is 0 Å². The van der Waals surface area contributed by atoms with Gasteiger partial charge in [0.2, 0.25) is 5.91 Å². The fraction of sp³-hybridized carbons (Fsp3) is 0.500. The molecule has 0 radical (unpaired) electrons. The van der Waals surface area contributed by atoms with Gasteiger partial charge in [0.15, 0.2) is 0 Å². The lowest BCUT2D eigenvalue weighted by Gasteiger charge is -2.36. The highest BCUT2D eigenvalue weighted by atomic mass is 16.3. The Labute approximate surface area is 131 Å². The molecule has 0 bridgehead atoms. The Bertz CT molecular complexity index is 667. The number of para-hydroxylation sites is 1. The zero-order valence-corrected chi connectivity index (χ0v) is 13.3. The molecule has 2 aromatic rings. The number of aromatic amines is 1. The van der Waals surface area contributed by atoms with E-state index < -0.39 is 5.41 Å². The first kappa shape index (κ1) is 15.1. The summed E-state index contributed by atoms with van der Waals surface area (Å²) < 4.78 is 0. The Kier molecular flexibility index (Phi) is 3.96. The van der Waals surface area contributed by atoms with Crippen LogP contribution in [0.1, 0.15) is 38.2 Å². The third kappa shape index (κ3) is 2.63. The number of piperidine rings is 1. The highest BCUT2D eigenvalue weighted by molar-refractivity contribution is 5.84. The molecule has 1 aromatic heterocycles. The van der Waals surface area contributed by atoms with Gasteiger partial charge in [0.05, 0.1) is 12.0 Å². The Balaban J connectivity index is 1.71. The Morgan fingerprint density at radius 1 is 1.32 bits per heavy atom. The molecule has 2 heterocycles. The van der Waals surface area contributed by atoms with Crippen LogP contribution in [0.15, 0.2) is 30.5 Å². The van der Waals surface area contributed by atoms with Crippen LogP contribution in [0, 0.1) is 5.41 Å². The van der Waals surface area contributed by atoms with Crippen molar-refractivity contribution in [3.05, 3.63) is 36.0 Å². The van der Waals surface area contributed by atoms with Crippen LogP contribution >= 0.6 is 0 Å². The zero-order valence-electron chi connectivity index (χ0n) is 13.3. The molecule has 1 saturated heterocycles. The average Bonchev–Trinajstić information content (AvgIpc) is 2.98. The van der Waals surface area contributed by atoms with Gasteiger partial charge in [-0.2, -0.15) is 0 Å². The van der Waals surface area contributed by atoms with Gasteiger partial charge in [-0.3, -0.25) is 4.79 Å². The number of likely N-dealkylation sites (tertiary alicyclic amines) is 1. The number of fused-ring (bicyclic) bond motifs is 1. The number of nitrogens with one attached hydrogen (secondary N) is 1. The van der Waals surface area contributed by atoms with Crippen molar-refractivity contribution in [2.75, 3.05) is 19.7 Å². The maximum absolute atomic E-state index is 12.4. The normalized spacial score (nSPS) is 17.1. The van der Waals surface area contributed by atoms with Crippen LogP contribution in [-0.2, 0) is 4.79 Å². The number of benzene rings is 1. The van der Waals surface area contributed by atoms with Crippen molar-refractivity contribution in [1.82, 2.24) is 9.88 Å². The molecule has 0 unspecified atom stereocenters. The number of hydrogen-bond acceptors (Lipinski definition) is 2. The van der Waals surface area contributed by atoms with Crippen LogP contribution in [0.5, 0.6) is 0 Å². The van der Waals surface area contributed by atoms with Gasteiger partial charge in [-0.1, -0.05) is 18.2 Å². The van der Waals surface area contributed by atoms with E-state index >= 15 is 0 Å². The molecule has 2 N–H and O–H groups in total. The van der Waals surface area contributed by atoms with E-state index in [1.165, 1.54) is 16.5 Å². The highest BCUT2D eigenvalue weighted by Crippen LogP contribution is 2.34. The lowest BCUT2D eigenvalue weighted by Crippen LogP contribution is -2.46. The summed E-state index contributed by atoms with van der Waals surface area (Å²) in [6.45, 7) is 5.05. The summed E-state index contributed by atoms with van der Waals surface area (Å²) >= 11 is 0. The van der Waals surface area contributed by atoms with E-state index in [1.807, 2.05) is 11.0 Å². The van der Waals surface area contributed by atoms with E-state index in [9.17, 15) is 9.90 Å². The second kappa shape index (κ2) is 5.76. The van der Waals surface area contributed by atoms with E-state index in [1.54, 1.807) is 13.8 Å². The fourth-order valence-electron chi connectivity index (χ4n) is 3.32. The second-order valence-corrected chi connectivity index (χ2v) is 6.90. The first-order valence-corrected chi connectivity index (χ1v) is 7.99. The van der Waals surface area contributed by atoms with Crippen molar-refractivity contribution in [3.63, 3.8) is 0 Å². The van der Waals surface area contributed by atoms with Crippen molar-refractivity contribution in [3.8, 4) is 0 Å². The van der Waals surface area contributed by atoms with Crippen LogP contribution in [-0.4, -0.2) is 40.6 Å². The lowest BCUT2D eigenvalue weighted by molar-refractivity contribution is -0.143. The minimum absolute atomic E-state index is 0.0624. The number of aromatic nitrogens is 1. The van der Waals surface area contributed by atoms with Crippen molar-refractivity contribution < 1.29 is 9.90 Å². The van der Waals surface area contributed by atoms with Crippen LogP contribution in [0.2, 0.25) is 0 Å². The molecular weight excluding hydrogens is 276 g/mol. The van der Waals surface area contributed by atoms with E-state index in [0.717, 1.165) is 25.9 Å². The monoisotopic (exact) mass is 300 g/mol. The summed E-state index contributed by atoms with van der Waals surface area (Å²) in [5.74, 6) is 0.560. The molecule has 4 heteroatoms. The van der Waals surface area contributed by atoms with E-state index in [0.29, 0.717) is 5.92 Å². The Morgan fingerprint density at radius 3 is 2.68 bits per heavy atom. The Hall–Kier alpha value is -1.81. The van der Waals surface area contributed by atoms with Crippen LogP contribution in [0.25, 0.3) is 10.9 Å². The predicted molar refractivity (Wildman–Crippen MR) is 87.7 cm³/mol. The minimum Gasteiger partial charge on any atom is -0.395 e. The number of carbonyl (C=O) groups is 1. The first-order valence-electron chi connectivity index (χ1n) is 7.99. The molecule has 4 nitrogen and oxygen atoms in total. The first-order chi connectivity index (χ1) is 10.5. The van der Waals surface area contributed by atoms with Crippen LogP contribution in [0.4, 0.5) is 0 Å². The summed E-state index contributed by atoms with van der Waals surface area (Å²) in [5, 5.41) is 10.7. The molecule has 3 rings (SSSR count). The molecule has 1 aliphatic rings. The lowest BCUT2D eigenvalue weighted by atomic mass is 9.87. The summed E-state index contributed by atoms with van der Waals surface area (Å²) in [4.78, 5) is 17.7. The van der Waals surface area contributed by atoms with Crippen molar-refractivity contribution in [2.45, 2.75) is 32.6 Å². The number of aliphatic hydroxyl groups is 1. The van der Waals surface area contributed by atoms with Crippen molar-refractivity contribution in [1.29, 1.82) is 0 Å². The Morgan fingerprint density at radius 2 is 2.00 bits per heavy atom. The minimum atomic E-state index is -0.673. The standard InChI is InChI=1S/C18H24N2O2/c1-18(2,12-21)17(22)20-9-7-13(8-10-20)15-11-19-16-6-4-3-5-14(15)16/h3-6,11,13,19,21H,7-10,12H2,1-2H3. The van der Waals surface area contributed by atoms with Gasteiger partial charge in [-0.05, 0) is 44.2 Å². The molecule has 1 aliphatic heterocycles. The molecule has 0 spiro atoms. The summed E-state index contributed by atoms with van der Waals surface area (Å²) in [5.41, 5.74) is 1.87. The quantitative estimate of drug-likeness (QED) is 0.915. The molecule has 0 atom stereocenters. The third-order valence-electron chi connectivity index (χ3n) is 4.82. The third-order valence-corrected chi connectivity index (χ3v) is 4.82. The molecule has 1 fully saturated rings. The van der Waals surface area contributed by atoms with Gasteiger partial charge in [0.1, 0.15) is 0 Å². The second-order valence-electron chi connectivity index (χ2n) is 6.90. The van der Waals surface area contributed by atoms with Gasteiger partial charge in [-0.25, -0.2) is 0 Å². The number of rotatable bonds is 3. The van der Waals surface area contributed by atoms with Crippen LogP contribution in [0.3, 0.4) is 0 Å². The average molecular weight is 300 g/mol. The molecule has 0 aliphatic carbocycles. The fourth-order valence-corrected chi connectivity index (χ4v) is 3.32. The molecule has 22 heavy (non-hydrogen) atoms. The molecule has 0 saturated carbocycles. The largest absolute Gasteiger partial charge is 0.395 e.